The van der Waals surface area contributed by atoms with E-state index in [2.05, 4.69) is 134 Å². The van der Waals surface area contributed by atoms with Crippen LogP contribution >= 0.6 is 36.2 Å². The van der Waals surface area contributed by atoms with Crippen molar-refractivity contribution in [3.05, 3.63) is 140 Å². The van der Waals surface area contributed by atoms with E-state index in [1.54, 1.807) is 0 Å². The molecule has 0 radical (unpaired) electrons. The van der Waals surface area contributed by atoms with Crippen LogP contribution in [0.1, 0.15) is 0 Å². The molecule has 0 N–H and O–H groups in total. The zero-order chi connectivity index (χ0) is 23.3. The summed E-state index contributed by atoms with van der Waals surface area (Å²) in [5.74, 6) is 0. The molecule has 0 unspecified atom stereocenters. The third kappa shape index (κ3) is 7.45. The van der Waals surface area contributed by atoms with Gasteiger partial charge in [-0.25, -0.2) is 19.1 Å². The summed E-state index contributed by atoms with van der Waals surface area (Å²) >= 11 is 0.569. The van der Waals surface area contributed by atoms with Crippen LogP contribution in [0.5, 0.6) is 0 Å². The number of benzene rings is 4. The van der Waals surface area contributed by atoms with Crippen molar-refractivity contribution in [1.29, 1.82) is 0 Å². The standard InChI is InChI=1S/C28H25P2.2ClH.Ni/c1-2-15-28(29(24-16-7-3-8-17-24)25-18-9-4-10-19-25)30(26-20-11-5-12-21-26)27-22-13-6-14-23-27;;;/h2-23,28H,1H2;2*1H;/q-1;;;+3/p-2. The summed E-state index contributed by atoms with van der Waals surface area (Å²) in [6.07, 6.45) is 4.34. The van der Waals surface area contributed by atoms with E-state index in [1.165, 1.54) is 21.2 Å². The van der Waals surface area contributed by atoms with E-state index in [4.69, 9.17) is 20.4 Å². The van der Waals surface area contributed by atoms with Crippen molar-refractivity contribution in [3.8, 4) is 0 Å². The molecule has 0 heterocycles. The summed E-state index contributed by atoms with van der Waals surface area (Å²) < 4.78 is 0. The van der Waals surface area contributed by atoms with Crippen LogP contribution < -0.4 is 21.2 Å². The van der Waals surface area contributed by atoms with Crippen molar-refractivity contribution in [2.75, 3.05) is 0 Å². The summed E-state index contributed by atoms with van der Waals surface area (Å²) in [5, 5.41) is 5.96. The molecule has 33 heavy (non-hydrogen) atoms. The van der Waals surface area contributed by atoms with Gasteiger partial charge in [0.15, 0.2) is 0 Å². The summed E-state index contributed by atoms with van der Waals surface area (Å²) in [5.41, 5.74) is 0. The first-order chi connectivity index (χ1) is 16.3. The fourth-order valence-electron chi connectivity index (χ4n) is 3.67. The van der Waals surface area contributed by atoms with Crippen molar-refractivity contribution in [3.63, 3.8) is 0 Å². The van der Waals surface area contributed by atoms with E-state index in [0.717, 1.165) is 0 Å². The van der Waals surface area contributed by atoms with E-state index in [9.17, 15) is 0 Å². The fraction of sp³-hybridized carbons (Fsp3) is 0.0357. The Balaban J connectivity index is 0.000000968. The zero-order valence-corrected chi connectivity index (χ0v) is 22.2. The van der Waals surface area contributed by atoms with Gasteiger partial charge < -0.3 is 0 Å². The molecule has 0 aliphatic carbocycles. The summed E-state index contributed by atoms with van der Waals surface area (Å²) in [7, 11) is 8.19. The van der Waals surface area contributed by atoms with Crippen LogP contribution in [0.3, 0.4) is 0 Å². The molecule has 0 spiro atoms. The van der Waals surface area contributed by atoms with Gasteiger partial charge in [0, 0.05) is 0 Å². The molecule has 0 saturated heterocycles. The SMILES string of the molecule is [CH2-]C=CC(P(c1ccccc1)c1ccccc1)P(c1ccccc1)c1ccccc1.[Cl][Ni+][Cl]. The van der Waals surface area contributed by atoms with Gasteiger partial charge >= 0.3 is 33.0 Å². The van der Waals surface area contributed by atoms with Gasteiger partial charge in [-0.2, -0.15) is 0 Å². The van der Waals surface area contributed by atoms with Crippen LogP contribution in [0.25, 0.3) is 0 Å². The molecule has 4 aromatic rings. The molecule has 0 bridgehead atoms. The average Bonchev–Trinajstić information content (AvgIpc) is 2.88. The van der Waals surface area contributed by atoms with Crippen molar-refractivity contribution in [2.45, 2.75) is 5.40 Å². The Hall–Kier alpha value is -1.58. The van der Waals surface area contributed by atoms with Crippen molar-refractivity contribution < 1.29 is 12.7 Å². The predicted molar refractivity (Wildman–Crippen MR) is 148 cm³/mol. The summed E-state index contributed by atoms with van der Waals surface area (Å²) in [6, 6.07) is 44.0. The third-order valence-electron chi connectivity index (χ3n) is 4.97. The van der Waals surface area contributed by atoms with Gasteiger partial charge in [0.25, 0.3) is 0 Å². The van der Waals surface area contributed by atoms with Crippen LogP contribution in [0.15, 0.2) is 133 Å². The molecule has 0 fully saturated rings. The summed E-state index contributed by atoms with van der Waals surface area (Å²) in [4.78, 5) is 0. The van der Waals surface area contributed by atoms with Crippen LogP contribution in [0.2, 0.25) is 0 Å². The minimum atomic E-state index is -0.605. The Morgan fingerprint density at radius 1 is 0.545 bits per heavy atom. The van der Waals surface area contributed by atoms with Gasteiger partial charge in [0.2, 0.25) is 0 Å². The maximum absolute atomic E-state index is 4.70. The number of hydrogen-bond acceptors (Lipinski definition) is 0. The van der Waals surface area contributed by atoms with Crippen molar-refractivity contribution >= 4 is 57.4 Å². The molecule has 0 aliphatic heterocycles. The third-order valence-corrected chi connectivity index (χ3v) is 11.2. The van der Waals surface area contributed by atoms with E-state index < -0.39 is 15.8 Å². The van der Waals surface area contributed by atoms with Crippen molar-refractivity contribution in [2.24, 2.45) is 0 Å². The number of rotatable bonds is 7. The second-order valence-corrected chi connectivity index (χ2v) is 13.7. The molecular formula is C28H25Cl2NiP2. The normalized spacial score (nSPS) is 11.2. The van der Waals surface area contributed by atoms with Crippen LogP contribution in [-0.2, 0) is 12.7 Å². The average molecular weight is 553 g/mol. The first kappa shape index (κ1) is 26.0. The first-order valence-corrected chi connectivity index (χ1v) is 15.9. The van der Waals surface area contributed by atoms with Crippen LogP contribution in [0.4, 0.5) is 0 Å². The quantitative estimate of drug-likeness (QED) is 0.128. The molecule has 0 aliphatic rings. The van der Waals surface area contributed by atoms with E-state index in [1.807, 2.05) is 6.08 Å². The molecule has 0 nitrogen and oxygen atoms in total. The van der Waals surface area contributed by atoms with Gasteiger partial charge in [-0.15, -0.1) is 0 Å². The van der Waals surface area contributed by atoms with E-state index >= 15 is 0 Å². The Morgan fingerprint density at radius 2 is 0.788 bits per heavy atom. The monoisotopic (exact) mass is 551 g/mol. The zero-order valence-electron chi connectivity index (χ0n) is 18.0. The second kappa shape index (κ2) is 14.6. The van der Waals surface area contributed by atoms with Crippen LogP contribution in [-0.4, -0.2) is 5.40 Å². The Kier molecular flexibility index (Phi) is 11.5. The molecule has 0 saturated carbocycles. The number of hydrogen-bond donors (Lipinski definition) is 0. The van der Waals surface area contributed by atoms with Crippen molar-refractivity contribution in [1.82, 2.24) is 0 Å². The van der Waals surface area contributed by atoms with Gasteiger partial charge in [-0.05, 0) is 42.5 Å². The molecular weight excluding hydrogens is 528 g/mol. The molecule has 0 amide bonds. The Labute approximate surface area is 214 Å². The Bertz CT molecular complexity index is 916. The molecule has 4 aromatic carbocycles. The molecule has 171 valence electrons. The number of allylic oxidation sites excluding steroid dienone is 2. The molecule has 0 atom stereocenters. The second-order valence-electron chi connectivity index (χ2n) is 6.97. The van der Waals surface area contributed by atoms with Crippen LogP contribution in [0, 0.1) is 6.92 Å². The molecule has 0 aromatic heterocycles. The van der Waals surface area contributed by atoms with Gasteiger partial charge in [0.1, 0.15) is 0 Å². The van der Waals surface area contributed by atoms with Gasteiger partial charge in [-0.1, -0.05) is 121 Å². The van der Waals surface area contributed by atoms with E-state index in [0.29, 0.717) is 18.1 Å². The maximum atomic E-state index is 4.70. The number of halogens is 2. The Morgan fingerprint density at radius 3 is 1.00 bits per heavy atom. The first-order valence-electron chi connectivity index (χ1n) is 10.4. The van der Waals surface area contributed by atoms with E-state index in [-0.39, 0.29) is 0 Å². The topological polar surface area (TPSA) is 0 Å². The minimum absolute atomic E-state index is 0.349. The van der Waals surface area contributed by atoms with Gasteiger partial charge in [0.05, 0.1) is 0 Å². The van der Waals surface area contributed by atoms with Gasteiger partial charge in [-0.3, -0.25) is 0 Å². The molecule has 4 rings (SSSR count). The summed E-state index contributed by atoms with van der Waals surface area (Å²) in [6.45, 7) is 4.11. The fourth-order valence-corrected chi connectivity index (χ4v) is 10.6. The predicted octanol–water partition coefficient (Wildman–Crippen LogP) is 7.35. The molecule has 5 heteroatoms.